The normalized spacial score (nSPS) is 37.7. The standard InChI is InChI=1S/C13H21N3O2S/c1-13-5-4-11(17)16(13)10(8-19-13)12(18)15-7-9-3-2-6-14-9/h9-10,14H,2-8H2,1H3,(H,15,18). The molecule has 2 amide bonds. The lowest BCUT2D eigenvalue weighted by Gasteiger charge is -2.30. The van der Waals surface area contributed by atoms with Gasteiger partial charge in [-0.15, -0.1) is 11.8 Å². The van der Waals surface area contributed by atoms with Crippen LogP contribution in [0, 0.1) is 0 Å². The third-order valence-corrected chi connectivity index (χ3v) is 5.94. The quantitative estimate of drug-likeness (QED) is 0.782. The van der Waals surface area contributed by atoms with Crippen LogP contribution in [0.15, 0.2) is 0 Å². The molecule has 0 spiro atoms. The Morgan fingerprint density at radius 3 is 3.21 bits per heavy atom. The van der Waals surface area contributed by atoms with E-state index < -0.39 is 0 Å². The van der Waals surface area contributed by atoms with E-state index in [-0.39, 0.29) is 22.7 Å². The molecule has 0 saturated carbocycles. The van der Waals surface area contributed by atoms with Gasteiger partial charge in [0.05, 0.1) is 4.87 Å². The van der Waals surface area contributed by atoms with Crippen molar-refractivity contribution in [2.45, 2.75) is 49.6 Å². The number of thioether (sulfide) groups is 1. The Hall–Kier alpha value is -0.750. The van der Waals surface area contributed by atoms with Crippen molar-refractivity contribution >= 4 is 23.6 Å². The summed E-state index contributed by atoms with van der Waals surface area (Å²) in [5, 5.41) is 6.37. The van der Waals surface area contributed by atoms with Crippen molar-refractivity contribution in [3.05, 3.63) is 0 Å². The van der Waals surface area contributed by atoms with Gasteiger partial charge in [0.2, 0.25) is 11.8 Å². The van der Waals surface area contributed by atoms with Gasteiger partial charge in [0.15, 0.2) is 0 Å². The average molecular weight is 283 g/mol. The first-order valence-corrected chi connectivity index (χ1v) is 8.06. The second kappa shape index (κ2) is 4.98. The lowest BCUT2D eigenvalue weighted by molar-refractivity contribution is -0.137. The first kappa shape index (κ1) is 13.2. The molecule has 3 aliphatic heterocycles. The Labute approximate surface area is 117 Å². The van der Waals surface area contributed by atoms with Gasteiger partial charge >= 0.3 is 0 Å². The number of amides is 2. The molecule has 0 bridgehead atoms. The van der Waals surface area contributed by atoms with Crippen LogP contribution in [0.1, 0.15) is 32.6 Å². The highest BCUT2D eigenvalue weighted by Crippen LogP contribution is 2.47. The highest BCUT2D eigenvalue weighted by atomic mass is 32.2. The van der Waals surface area contributed by atoms with Crippen molar-refractivity contribution in [1.29, 1.82) is 0 Å². The summed E-state index contributed by atoms with van der Waals surface area (Å²) in [6.07, 6.45) is 3.75. The predicted molar refractivity (Wildman–Crippen MR) is 74.8 cm³/mol. The fourth-order valence-corrected chi connectivity index (χ4v) is 4.72. The van der Waals surface area contributed by atoms with E-state index >= 15 is 0 Å². The molecule has 3 unspecified atom stereocenters. The summed E-state index contributed by atoms with van der Waals surface area (Å²) in [5.74, 6) is 0.874. The first-order valence-electron chi connectivity index (χ1n) is 7.07. The lowest BCUT2D eigenvalue weighted by atomic mass is 10.2. The number of nitrogens with one attached hydrogen (secondary N) is 2. The van der Waals surface area contributed by atoms with Crippen LogP contribution < -0.4 is 10.6 Å². The molecule has 3 rings (SSSR count). The summed E-state index contributed by atoms with van der Waals surface area (Å²) >= 11 is 1.74. The fraction of sp³-hybridized carbons (Fsp3) is 0.846. The Kier molecular flexibility index (Phi) is 3.47. The Balaban J connectivity index is 1.59. The van der Waals surface area contributed by atoms with Crippen molar-refractivity contribution in [3.8, 4) is 0 Å². The van der Waals surface area contributed by atoms with Gasteiger partial charge < -0.3 is 15.5 Å². The topological polar surface area (TPSA) is 61.4 Å². The third-order valence-electron chi connectivity index (χ3n) is 4.43. The number of hydrogen-bond donors (Lipinski definition) is 2. The molecular formula is C13H21N3O2S. The molecule has 0 aromatic heterocycles. The van der Waals surface area contributed by atoms with E-state index in [1.807, 2.05) is 4.90 Å². The van der Waals surface area contributed by atoms with Crippen LogP contribution in [0.5, 0.6) is 0 Å². The van der Waals surface area contributed by atoms with Crippen LogP contribution in [0.3, 0.4) is 0 Å². The zero-order valence-corrected chi connectivity index (χ0v) is 12.1. The van der Waals surface area contributed by atoms with E-state index in [0.29, 0.717) is 19.0 Å². The lowest BCUT2D eigenvalue weighted by Crippen LogP contribution is -2.51. The van der Waals surface area contributed by atoms with Gasteiger partial charge in [-0.3, -0.25) is 9.59 Å². The maximum Gasteiger partial charge on any atom is 0.243 e. The van der Waals surface area contributed by atoms with E-state index in [1.165, 1.54) is 6.42 Å². The Bertz CT molecular complexity index is 397. The average Bonchev–Trinajstić information content (AvgIpc) is 3.06. The highest BCUT2D eigenvalue weighted by Gasteiger charge is 2.52. The molecule has 3 saturated heterocycles. The largest absolute Gasteiger partial charge is 0.353 e. The molecule has 6 heteroatoms. The number of carbonyl (C=O) groups is 2. The van der Waals surface area contributed by atoms with Crippen LogP contribution in [0.25, 0.3) is 0 Å². The second-order valence-corrected chi connectivity index (χ2v) is 7.31. The summed E-state index contributed by atoms with van der Waals surface area (Å²) in [6, 6.07) is 0.130. The summed E-state index contributed by atoms with van der Waals surface area (Å²) in [4.78, 5) is 25.9. The van der Waals surface area contributed by atoms with E-state index in [0.717, 1.165) is 25.1 Å². The van der Waals surface area contributed by atoms with Crippen molar-refractivity contribution in [1.82, 2.24) is 15.5 Å². The van der Waals surface area contributed by atoms with E-state index in [2.05, 4.69) is 17.6 Å². The van der Waals surface area contributed by atoms with Crippen molar-refractivity contribution in [3.63, 3.8) is 0 Å². The number of fused-ring (bicyclic) bond motifs is 1. The first-order chi connectivity index (χ1) is 9.10. The van der Waals surface area contributed by atoms with Crippen LogP contribution in [-0.4, -0.2) is 52.5 Å². The molecule has 3 atom stereocenters. The zero-order valence-electron chi connectivity index (χ0n) is 11.3. The summed E-state index contributed by atoms with van der Waals surface area (Å²) in [5.41, 5.74) is 0. The molecule has 5 nitrogen and oxygen atoms in total. The molecule has 0 aliphatic carbocycles. The third kappa shape index (κ3) is 2.36. The minimum absolute atomic E-state index is 0.0141. The molecule has 0 aromatic rings. The van der Waals surface area contributed by atoms with Gasteiger partial charge in [-0.05, 0) is 32.7 Å². The van der Waals surface area contributed by atoms with Crippen LogP contribution in [-0.2, 0) is 9.59 Å². The van der Waals surface area contributed by atoms with E-state index in [4.69, 9.17) is 0 Å². The second-order valence-electron chi connectivity index (χ2n) is 5.80. The summed E-state index contributed by atoms with van der Waals surface area (Å²) in [7, 11) is 0. The molecule has 3 fully saturated rings. The highest BCUT2D eigenvalue weighted by molar-refractivity contribution is 8.01. The van der Waals surface area contributed by atoms with Gasteiger partial charge in [-0.1, -0.05) is 0 Å². The smallest absolute Gasteiger partial charge is 0.243 e. The van der Waals surface area contributed by atoms with Gasteiger partial charge in [0, 0.05) is 24.8 Å². The molecule has 0 aromatic carbocycles. The molecule has 2 N–H and O–H groups in total. The monoisotopic (exact) mass is 283 g/mol. The minimum Gasteiger partial charge on any atom is -0.353 e. The fourth-order valence-electron chi connectivity index (χ4n) is 3.29. The van der Waals surface area contributed by atoms with Crippen LogP contribution in [0.4, 0.5) is 0 Å². The van der Waals surface area contributed by atoms with Gasteiger partial charge in [0.25, 0.3) is 0 Å². The van der Waals surface area contributed by atoms with Crippen molar-refractivity contribution < 1.29 is 9.59 Å². The molecular weight excluding hydrogens is 262 g/mol. The number of rotatable bonds is 3. The number of nitrogens with zero attached hydrogens (tertiary/aromatic N) is 1. The number of carbonyl (C=O) groups excluding carboxylic acids is 2. The molecule has 0 radical (unpaired) electrons. The van der Waals surface area contributed by atoms with Crippen molar-refractivity contribution in [2.24, 2.45) is 0 Å². The molecule has 3 heterocycles. The molecule has 19 heavy (non-hydrogen) atoms. The summed E-state index contributed by atoms with van der Waals surface area (Å²) < 4.78 is 0. The van der Waals surface area contributed by atoms with E-state index in [1.54, 1.807) is 11.8 Å². The molecule has 106 valence electrons. The maximum absolute atomic E-state index is 12.3. The zero-order chi connectivity index (χ0) is 13.5. The van der Waals surface area contributed by atoms with Gasteiger partial charge in [0.1, 0.15) is 6.04 Å². The van der Waals surface area contributed by atoms with Gasteiger partial charge in [-0.2, -0.15) is 0 Å². The predicted octanol–water partition coefficient (Wildman–Crippen LogP) is 0.309. The van der Waals surface area contributed by atoms with Gasteiger partial charge in [-0.25, -0.2) is 0 Å². The SMILES string of the molecule is CC12CCC(=O)N1C(C(=O)NCC1CCCN1)CS2. The van der Waals surface area contributed by atoms with Crippen LogP contribution in [0.2, 0.25) is 0 Å². The Morgan fingerprint density at radius 1 is 1.63 bits per heavy atom. The maximum atomic E-state index is 12.3. The van der Waals surface area contributed by atoms with Crippen molar-refractivity contribution in [2.75, 3.05) is 18.8 Å². The van der Waals surface area contributed by atoms with E-state index in [9.17, 15) is 9.59 Å². The number of hydrogen-bond acceptors (Lipinski definition) is 4. The van der Waals surface area contributed by atoms with Crippen LogP contribution >= 0.6 is 11.8 Å². The minimum atomic E-state index is -0.272. The Morgan fingerprint density at radius 2 is 2.47 bits per heavy atom. The molecule has 3 aliphatic rings. The summed E-state index contributed by atoms with van der Waals surface area (Å²) in [6.45, 7) is 3.80.